The van der Waals surface area contributed by atoms with Crippen LogP contribution in [0.15, 0.2) is 36.5 Å². The van der Waals surface area contributed by atoms with Crippen LogP contribution < -0.4 is 5.32 Å². The van der Waals surface area contributed by atoms with Gasteiger partial charge in [0.15, 0.2) is 0 Å². The summed E-state index contributed by atoms with van der Waals surface area (Å²) >= 11 is 0. The highest BCUT2D eigenvalue weighted by Gasteiger charge is 2.17. The Morgan fingerprint density at radius 3 is 1.13 bits per heavy atom. The van der Waals surface area contributed by atoms with Crippen LogP contribution >= 0.6 is 0 Å². The Labute approximate surface area is 331 Å². The number of carbonyl (C=O) groups is 1. The smallest absolute Gasteiger partial charge is 0.220 e. The molecule has 0 aromatic rings. The molecule has 4 nitrogen and oxygen atoms in total. The van der Waals surface area contributed by atoms with E-state index in [4.69, 9.17) is 0 Å². The maximum absolute atomic E-state index is 12.4. The second kappa shape index (κ2) is 45.0. The summed E-state index contributed by atoms with van der Waals surface area (Å²) in [6, 6.07) is -0.623. The Morgan fingerprint density at radius 2 is 0.774 bits per heavy atom. The van der Waals surface area contributed by atoms with Crippen molar-refractivity contribution in [3.8, 4) is 0 Å². The number of aliphatic hydroxyl groups excluding tert-OH is 2. The highest BCUT2D eigenvalue weighted by molar-refractivity contribution is 5.76. The number of hydrogen-bond donors (Lipinski definition) is 3. The first-order chi connectivity index (χ1) is 26.2. The zero-order chi connectivity index (χ0) is 38.6. The van der Waals surface area contributed by atoms with E-state index in [1.165, 1.54) is 199 Å². The lowest BCUT2D eigenvalue weighted by atomic mass is 10.0. The number of amides is 1. The quantitative estimate of drug-likeness (QED) is 0.0430. The van der Waals surface area contributed by atoms with Gasteiger partial charge in [-0.1, -0.05) is 230 Å². The standard InChI is InChI=1S/C49H93NO3/c1-3-5-7-9-11-13-15-17-19-21-22-23-24-25-26-27-28-29-31-33-35-37-39-41-43-45-49(53)50-47(46-51)48(52)44-42-40-38-36-34-32-30-20-18-16-14-12-10-8-6-4-2/h22-23,25-26,42,44,47-48,51-52H,3-21,24,27-41,43,45-46H2,1-2H3,(H,50,53)/b23-22-,26-25-,44-42+. The van der Waals surface area contributed by atoms with E-state index in [0.29, 0.717) is 6.42 Å². The summed E-state index contributed by atoms with van der Waals surface area (Å²) in [7, 11) is 0. The minimum Gasteiger partial charge on any atom is -0.394 e. The average Bonchev–Trinajstić information content (AvgIpc) is 3.16. The molecule has 0 saturated carbocycles. The van der Waals surface area contributed by atoms with Crippen LogP contribution in [0.3, 0.4) is 0 Å². The zero-order valence-electron chi connectivity index (χ0n) is 35.8. The fourth-order valence-electron chi connectivity index (χ4n) is 7.21. The van der Waals surface area contributed by atoms with Gasteiger partial charge in [-0.25, -0.2) is 0 Å². The average molecular weight is 744 g/mol. The van der Waals surface area contributed by atoms with Gasteiger partial charge in [-0.15, -0.1) is 0 Å². The predicted octanol–water partition coefficient (Wildman–Crippen LogP) is 15.0. The number of aliphatic hydroxyl groups is 2. The molecule has 4 heteroatoms. The summed E-state index contributed by atoms with van der Waals surface area (Å²) in [5, 5.41) is 23.0. The van der Waals surface area contributed by atoms with Crippen LogP contribution in [-0.2, 0) is 4.79 Å². The molecular weight excluding hydrogens is 651 g/mol. The third-order valence-corrected chi connectivity index (χ3v) is 10.9. The molecule has 0 fully saturated rings. The van der Waals surface area contributed by atoms with Crippen LogP contribution in [-0.4, -0.2) is 34.9 Å². The molecule has 0 spiro atoms. The van der Waals surface area contributed by atoms with E-state index in [1.807, 2.05) is 6.08 Å². The second-order valence-corrected chi connectivity index (χ2v) is 16.2. The first kappa shape index (κ1) is 51.6. The first-order valence-electron chi connectivity index (χ1n) is 23.7. The van der Waals surface area contributed by atoms with E-state index in [2.05, 4.69) is 43.5 Å². The number of nitrogens with one attached hydrogen (secondary N) is 1. The number of allylic oxidation sites excluding steroid dienone is 5. The Hall–Kier alpha value is -1.39. The molecular formula is C49H93NO3. The number of hydrogen-bond acceptors (Lipinski definition) is 3. The van der Waals surface area contributed by atoms with Gasteiger partial charge in [-0.3, -0.25) is 4.79 Å². The van der Waals surface area contributed by atoms with Crippen LogP contribution in [0.5, 0.6) is 0 Å². The van der Waals surface area contributed by atoms with Crippen molar-refractivity contribution in [3.63, 3.8) is 0 Å². The van der Waals surface area contributed by atoms with Gasteiger partial charge in [-0.05, 0) is 51.4 Å². The maximum Gasteiger partial charge on any atom is 0.220 e. The lowest BCUT2D eigenvalue weighted by molar-refractivity contribution is -0.123. The molecule has 0 aliphatic carbocycles. The van der Waals surface area contributed by atoms with Crippen molar-refractivity contribution in [2.24, 2.45) is 0 Å². The molecule has 0 saturated heterocycles. The molecule has 53 heavy (non-hydrogen) atoms. The number of carbonyl (C=O) groups excluding carboxylic acids is 1. The molecule has 0 bridgehead atoms. The van der Waals surface area contributed by atoms with Crippen LogP contribution in [0.1, 0.15) is 251 Å². The van der Waals surface area contributed by atoms with Gasteiger partial charge in [0, 0.05) is 6.42 Å². The molecule has 0 heterocycles. The molecule has 0 aliphatic rings. The van der Waals surface area contributed by atoms with Gasteiger partial charge in [-0.2, -0.15) is 0 Å². The molecule has 312 valence electrons. The lowest BCUT2D eigenvalue weighted by Gasteiger charge is -2.20. The summed E-state index contributed by atoms with van der Waals surface area (Å²) < 4.78 is 0. The van der Waals surface area contributed by atoms with E-state index in [0.717, 1.165) is 32.1 Å². The summed E-state index contributed by atoms with van der Waals surface area (Å²) in [6.45, 7) is 4.32. The van der Waals surface area contributed by atoms with Crippen molar-refractivity contribution in [2.75, 3.05) is 6.61 Å². The van der Waals surface area contributed by atoms with Crippen LogP contribution in [0.2, 0.25) is 0 Å². The van der Waals surface area contributed by atoms with Crippen molar-refractivity contribution in [2.45, 2.75) is 264 Å². The second-order valence-electron chi connectivity index (χ2n) is 16.2. The predicted molar refractivity (Wildman–Crippen MR) is 235 cm³/mol. The molecule has 2 atom stereocenters. The van der Waals surface area contributed by atoms with E-state index >= 15 is 0 Å². The van der Waals surface area contributed by atoms with Gasteiger partial charge in [0.2, 0.25) is 5.91 Å². The van der Waals surface area contributed by atoms with Crippen LogP contribution in [0, 0.1) is 0 Å². The van der Waals surface area contributed by atoms with Gasteiger partial charge < -0.3 is 15.5 Å². The van der Waals surface area contributed by atoms with E-state index < -0.39 is 12.1 Å². The van der Waals surface area contributed by atoms with E-state index in [1.54, 1.807) is 6.08 Å². The van der Waals surface area contributed by atoms with Crippen LogP contribution in [0.4, 0.5) is 0 Å². The summed E-state index contributed by atoms with van der Waals surface area (Å²) in [6.07, 6.45) is 59.8. The third-order valence-electron chi connectivity index (χ3n) is 10.9. The van der Waals surface area contributed by atoms with E-state index in [9.17, 15) is 15.0 Å². The van der Waals surface area contributed by atoms with Gasteiger partial charge in [0.05, 0.1) is 18.8 Å². The highest BCUT2D eigenvalue weighted by Crippen LogP contribution is 2.15. The summed E-state index contributed by atoms with van der Waals surface area (Å²) in [5.74, 6) is -0.0670. The number of unbranched alkanes of at least 4 members (excludes halogenated alkanes) is 32. The zero-order valence-corrected chi connectivity index (χ0v) is 35.8. The Morgan fingerprint density at radius 1 is 0.453 bits per heavy atom. The molecule has 0 aromatic heterocycles. The monoisotopic (exact) mass is 744 g/mol. The van der Waals surface area contributed by atoms with Crippen LogP contribution in [0.25, 0.3) is 0 Å². The topological polar surface area (TPSA) is 69.6 Å². The molecule has 0 radical (unpaired) electrons. The van der Waals surface area contributed by atoms with Gasteiger partial charge in [0.1, 0.15) is 0 Å². The molecule has 0 aromatic carbocycles. The van der Waals surface area contributed by atoms with E-state index in [-0.39, 0.29) is 12.5 Å². The lowest BCUT2D eigenvalue weighted by Crippen LogP contribution is -2.45. The largest absolute Gasteiger partial charge is 0.394 e. The number of rotatable bonds is 43. The van der Waals surface area contributed by atoms with Crippen molar-refractivity contribution >= 4 is 5.91 Å². The van der Waals surface area contributed by atoms with Crippen molar-refractivity contribution < 1.29 is 15.0 Å². The maximum atomic E-state index is 12.4. The molecule has 2 unspecified atom stereocenters. The fourth-order valence-corrected chi connectivity index (χ4v) is 7.21. The highest BCUT2D eigenvalue weighted by atomic mass is 16.3. The van der Waals surface area contributed by atoms with Crippen molar-refractivity contribution in [1.82, 2.24) is 5.32 Å². The Balaban J connectivity index is 3.55. The molecule has 3 N–H and O–H groups in total. The minimum absolute atomic E-state index is 0.0670. The van der Waals surface area contributed by atoms with Crippen molar-refractivity contribution in [1.29, 1.82) is 0 Å². The van der Waals surface area contributed by atoms with Gasteiger partial charge >= 0.3 is 0 Å². The first-order valence-corrected chi connectivity index (χ1v) is 23.7. The third kappa shape index (κ3) is 41.6. The Bertz CT molecular complexity index is 806. The normalized spacial score (nSPS) is 13.2. The molecule has 1 amide bonds. The molecule has 0 aliphatic heterocycles. The fraction of sp³-hybridized carbons (Fsp3) is 0.857. The Kier molecular flexibility index (Phi) is 43.8. The van der Waals surface area contributed by atoms with Gasteiger partial charge in [0.25, 0.3) is 0 Å². The summed E-state index contributed by atoms with van der Waals surface area (Å²) in [5.41, 5.74) is 0. The summed E-state index contributed by atoms with van der Waals surface area (Å²) in [4.78, 5) is 12.4. The SMILES string of the molecule is CCCCCCCCCCC/C=C\C/C=C\CCCCCCCCCCCC(=O)NC(CO)C(O)/C=C/CCCCCCCCCCCCCCCC. The minimum atomic E-state index is -0.840. The molecule has 0 rings (SSSR count). The van der Waals surface area contributed by atoms with Crippen molar-refractivity contribution in [3.05, 3.63) is 36.5 Å².